The average Bonchev–Trinajstić information content (AvgIpc) is 3.79. The first-order valence-corrected chi connectivity index (χ1v) is 14.3. The summed E-state index contributed by atoms with van der Waals surface area (Å²) in [5.41, 5.74) is 4.08. The van der Waals surface area contributed by atoms with Crippen molar-refractivity contribution in [3.8, 4) is 17.1 Å². The van der Waals surface area contributed by atoms with Crippen LogP contribution in [0.25, 0.3) is 22.3 Å². The fourth-order valence-electron chi connectivity index (χ4n) is 5.55. The maximum absolute atomic E-state index is 13.4. The number of carbonyl (C=O) groups excluding carboxylic acids is 1. The molecule has 6 rings (SSSR count). The van der Waals surface area contributed by atoms with Gasteiger partial charge in [-0.25, -0.2) is 9.78 Å². The van der Waals surface area contributed by atoms with Gasteiger partial charge in [-0.1, -0.05) is 18.2 Å². The number of hydrogen-bond acceptors (Lipinski definition) is 7. The van der Waals surface area contributed by atoms with Crippen LogP contribution in [-0.4, -0.2) is 87.2 Å². The zero-order valence-electron chi connectivity index (χ0n) is 24.1. The third-order valence-electron chi connectivity index (χ3n) is 7.70. The molecule has 2 fully saturated rings. The zero-order valence-corrected chi connectivity index (χ0v) is 24.1. The van der Waals surface area contributed by atoms with Crippen molar-refractivity contribution in [1.29, 1.82) is 0 Å². The number of nitrogens with one attached hydrogen (secondary N) is 2. The second-order valence-electron chi connectivity index (χ2n) is 10.7. The molecule has 1 atom stereocenters. The number of anilines is 2. The number of nitrogens with zero attached hydrogens (tertiary/aromatic N) is 4. The van der Waals surface area contributed by atoms with Crippen molar-refractivity contribution in [2.45, 2.75) is 37.9 Å². The Morgan fingerprint density at radius 1 is 1.07 bits per heavy atom. The number of aromatic nitrogens is 3. The van der Waals surface area contributed by atoms with Crippen LogP contribution >= 0.6 is 0 Å². The highest BCUT2D eigenvalue weighted by Gasteiger charge is 2.38. The minimum absolute atomic E-state index is 0.0761. The molecule has 4 heterocycles. The first-order chi connectivity index (χ1) is 21.1. The number of alkyl halides is 3. The largest absolute Gasteiger partial charge is 0.495 e. The molecular formula is C31H33F3N6O4. The molecule has 2 aliphatic heterocycles. The van der Waals surface area contributed by atoms with Crippen molar-refractivity contribution in [3.05, 3.63) is 66.5 Å². The molecule has 44 heavy (non-hydrogen) atoms. The van der Waals surface area contributed by atoms with E-state index in [1.165, 1.54) is 12.8 Å². The molecule has 0 spiro atoms. The molecule has 2 saturated heterocycles. The van der Waals surface area contributed by atoms with E-state index in [4.69, 9.17) is 19.6 Å². The highest BCUT2D eigenvalue weighted by molar-refractivity contribution is 5.96. The Morgan fingerprint density at radius 2 is 1.82 bits per heavy atom. The zero-order chi connectivity index (χ0) is 31.3. The number of rotatable bonds is 7. The van der Waals surface area contributed by atoms with E-state index in [2.05, 4.69) is 37.2 Å². The molecule has 2 aromatic carbocycles. The van der Waals surface area contributed by atoms with Crippen LogP contribution in [0.15, 0.2) is 60.9 Å². The number of methoxy groups -OCH3 is 1. The Balaban J connectivity index is 0.000000493. The molecule has 10 nitrogen and oxygen atoms in total. The Hall–Kier alpha value is -4.65. The topological polar surface area (TPSA) is 124 Å². The van der Waals surface area contributed by atoms with Crippen LogP contribution in [0.4, 0.5) is 24.7 Å². The molecule has 2 aliphatic rings. The number of carboxylic acid groups (broad SMARTS) is 1. The molecule has 1 amide bonds. The van der Waals surface area contributed by atoms with Crippen molar-refractivity contribution >= 4 is 34.3 Å². The highest BCUT2D eigenvalue weighted by Crippen LogP contribution is 2.31. The first-order valence-electron chi connectivity index (χ1n) is 14.3. The lowest BCUT2D eigenvalue weighted by molar-refractivity contribution is -0.192. The van der Waals surface area contributed by atoms with Crippen LogP contribution in [0.1, 0.15) is 36.0 Å². The third kappa shape index (κ3) is 7.28. The van der Waals surface area contributed by atoms with Crippen molar-refractivity contribution in [3.63, 3.8) is 0 Å². The number of carbonyl (C=O) groups is 2. The van der Waals surface area contributed by atoms with Gasteiger partial charge in [-0.15, -0.1) is 0 Å². The number of H-pyrrole nitrogens is 1. The molecule has 2 aromatic heterocycles. The number of carboxylic acids is 1. The van der Waals surface area contributed by atoms with E-state index in [-0.39, 0.29) is 11.9 Å². The summed E-state index contributed by atoms with van der Waals surface area (Å²) in [5.74, 6) is -1.49. The predicted octanol–water partition coefficient (Wildman–Crippen LogP) is 5.71. The predicted molar refractivity (Wildman–Crippen MR) is 159 cm³/mol. The Labute approximate surface area is 251 Å². The smallest absolute Gasteiger partial charge is 0.490 e. The van der Waals surface area contributed by atoms with Crippen LogP contribution in [0.3, 0.4) is 0 Å². The van der Waals surface area contributed by atoms with Gasteiger partial charge in [-0.05, 0) is 69.1 Å². The minimum Gasteiger partial charge on any atom is -0.495 e. The second kappa shape index (κ2) is 13.3. The lowest BCUT2D eigenvalue weighted by atomic mass is 10.1. The SMILES string of the molecule is COc1cc(C(=O)N2CCC[C@H]2CN2CCCC2)ccc1Nc1cncc(-c2cc3ccccc3[nH]2)n1.O=C(O)C(F)(F)F. The number of para-hydroxylation sites is 1. The van der Waals surface area contributed by atoms with Gasteiger partial charge < -0.3 is 29.9 Å². The van der Waals surface area contributed by atoms with E-state index in [0.717, 1.165) is 67.0 Å². The molecule has 0 saturated carbocycles. The fraction of sp³-hybridized carbons (Fsp3) is 0.355. The lowest BCUT2D eigenvalue weighted by Crippen LogP contribution is -2.42. The molecule has 13 heteroatoms. The van der Waals surface area contributed by atoms with Gasteiger partial charge in [0.05, 0.1) is 30.9 Å². The molecule has 0 unspecified atom stereocenters. The highest BCUT2D eigenvalue weighted by atomic mass is 19.4. The van der Waals surface area contributed by atoms with Crippen molar-refractivity contribution in [2.75, 3.05) is 38.6 Å². The van der Waals surface area contributed by atoms with Gasteiger partial charge in [0.1, 0.15) is 17.3 Å². The Morgan fingerprint density at radius 3 is 2.52 bits per heavy atom. The van der Waals surface area contributed by atoms with Gasteiger partial charge in [-0.2, -0.15) is 13.2 Å². The number of amides is 1. The van der Waals surface area contributed by atoms with E-state index in [9.17, 15) is 18.0 Å². The lowest BCUT2D eigenvalue weighted by Gasteiger charge is -2.28. The van der Waals surface area contributed by atoms with Crippen LogP contribution in [-0.2, 0) is 4.79 Å². The first kappa shape index (κ1) is 30.8. The van der Waals surface area contributed by atoms with Gasteiger partial charge in [0.15, 0.2) is 0 Å². The summed E-state index contributed by atoms with van der Waals surface area (Å²) < 4.78 is 37.4. The number of benzene rings is 2. The third-order valence-corrected chi connectivity index (χ3v) is 7.70. The van der Waals surface area contributed by atoms with Crippen LogP contribution in [0, 0.1) is 0 Å². The summed E-state index contributed by atoms with van der Waals surface area (Å²) in [6, 6.07) is 16.1. The Bertz CT molecular complexity index is 1590. The molecule has 0 radical (unpaired) electrons. The molecule has 3 N–H and O–H groups in total. The van der Waals surface area contributed by atoms with Gasteiger partial charge in [-0.3, -0.25) is 9.78 Å². The van der Waals surface area contributed by atoms with Gasteiger partial charge in [0, 0.05) is 35.6 Å². The van der Waals surface area contributed by atoms with Gasteiger partial charge in [0.2, 0.25) is 0 Å². The Kier molecular flexibility index (Phi) is 9.33. The van der Waals surface area contributed by atoms with E-state index in [1.807, 2.05) is 36.4 Å². The maximum atomic E-state index is 13.4. The molecule has 232 valence electrons. The summed E-state index contributed by atoms with van der Waals surface area (Å²) in [6.07, 6.45) is 3.00. The van der Waals surface area contributed by atoms with Gasteiger partial charge in [0.25, 0.3) is 5.91 Å². The maximum Gasteiger partial charge on any atom is 0.490 e. The standard InChI is InChI=1S/C29H32N6O2.C2HF3O2/c1-37-27-16-21(29(36)35-14-6-8-22(35)19-34-12-4-5-13-34)10-11-24(27)32-28-18-30-17-26(33-28)25-15-20-7-2-3-9-23(20)31-25;3-2(4,5)1(6)7/h2-3,7,9-11,15-18,22,31H,4-6,8,12-14,19H2,1H3,(H,32,33);(H,6,7)/t22-;/m0./s1. The van der Waals surface area contributed by atoms with Crippen LogP contribution < -0.4 is 10.1 Å². The molecular weight excluding hydrogens is 577 g/mol. The average molecular weight is 611 g/mol. The monoisotopic (exact) mass is 610 g/mol. The normalized spacial score (nSPS) is 16.9. The number of fused-ring (bicyclic) bond motifs is 1. The number of ether oxygens (including phenoxy) is 1. The fourth-order valence-corrected chi connectivity index (χ4v) is 5.55. The number of halogens is 3. The quantitative estimate of drug-likeness (QED) is 0.243. The van der Waals surface area contributed by atoms with Crippen molar-refractivity contribution in [2.24, 2.45) is 0 Å². The van der Waals surface area contributed by atoms with E-state index in [0.29, 0.717) is 17.1 Å². The molecule has 0 aliphatic carbocycles. The summed E-state index contributed by atoms with van der Waals surface area (Å²) in [4.78, 5) is 39.4. The summed E-state index contributed by atoms with van der Waals surface area (Å²) in [6.45, 7) is 4.10. The van der Waals surface area contributed by atoms with Crippen molar-refractivity contribution in [1.82, 2.24) is 24.8 Å². The van der Waals surface area contributed by atoms with E-state index in [1.54, 1.807) is 19.5 Å². The van der Waals surface area contributed by atoms with Crippen molar-refractivity contribution < 1.29 is 32.6 Å². The van der Waals surface area contributed by atoms with Crippen LogP contribution in [0.2, 0.25) is 0 Å². The van der Waals surface area contributed by atoms with E-state index >= 15 is 0 Å². The summed E-state index contributed by atoms with van der Waals surface area (Å²) in [7, 11) is 1.62. The molecule has 0 bridgehead atoms. The van der Waals surface area contributed by atoms with Crippen LogP contribution in [0.5, 0.6) is 5.75 Å². The summed E-state index contributed by atoms with van der Waals surface area (Å²) >= 11 is 0. The van der Waals surface area contributed by atoms with E-state index < -0.39 is 12.1 Å². The van der Waals surface area contributed by atoms with Gasteiger partial charge >= 0.3 is 12.1 Å². The molecule has 4 aromatic rings. The second-order valence-corrected chi connectivity index (χ2v) is 10.7. The minimum atomic E-state index is -5.08. The number of aromatic amines is 1. The number of hydrogen-bond donors (Lipinski definition) is 3. The number of likely N-dealkylation sites (tertiary alicyclic amines) is 2. The summed E-state index contributed by atoms with van der Waals surface area (Å²) in [5, 5.41) is 11.6. The number of aliphatic carboxylic acids is 1.